The Morgan fingerprint density at radius 3 is 2.27 bits per heavy atom. The quantitative estimate of drug-likeness (QED) is 0.263. The van der Waals surface area contributed by atoms with Gasteiger partial charge in [0.2, 0.25) is 0 Å². The van der Waals surface area contributed by atoms with E-state index in [4.69, 9.17) is 4.74 Å². The number of hydrogen-bond donors (Lipinski definition) is 0. The fraction of sp³-hybridized carbons (Fsp3) is 0.111. The van der Waals surface area contributed by atoms with Crippen molar-refractivity contribution in [2.45, 2.75) is 6.92 Å². The van der Waals surface area contributed by atoms with Crippen LogP contribution in [-0.4, -0.2) is 18.4 Å². The van der Waals surface area contributed by atoms with Gasteiger partial charge in [0.1, 0.15) is 5.57 Å². The summed E-state index contributed by atoms with van der Waals surface area (Å²) in [4.78, 5) is 24.7. The molecule has 2 rings (SSSR count). The highest BCUT2D eigenvalue weighted by atomic mass is 79.9. The first-order chi connectivity index (χ1) is 10.6. The molecule has 0 spiro atoms. The van der Waals surface area contributed by atoms with Crippen LogP contribution in [0.25, 0.3) is 6.08 Å². The molecule has 0 bridgehead atoms. The number of carbonyl (C=O) groups excluding carboxylic acids is 2. The van der Waals surface area contributed by atoms with Crippen LogP contribution in [0.5, 0.6) is 0 Å². The van der Waals surface area contributed by atoms with Crippen molar-refractivity contribution in [2.24, 2.45) is 0 Å². The fourth-order valence-corrected chi connectivity index (χ4v) is 2.16. The second-order valence-corrected chi connectivity index (χ2v) is 5.44. The van der Waals surface area contributed by atoms with E-state index in [0.29, 0.717) is 5.56 Å². The zero-order valence-electron chi connectivity index (χ0n) is 12.1. The van der Waals surface area contributed by atoms with Crippen LogP contribution in [0.3, 0.4) is 0 Å². The molecule has 0 saturated heterocycles. The summed E-state index contributed by atoms with van der Waals surface area (Å²) in [7, 11) is 0. The normalized spacial score (nSPS) is 11.1. The minimum absolute atomic E-state index is 0.0235. The van der Waals surface area contributed by atoms with Crippen LogP contribution in [0.4, 0.5) is 0 Å². The molecule has 0 aliphatic heterocycles. The number of Topliss-reactive ketones (excluding diaryl/α,β-unsaturated/α-hetero) is 1. The van der Waals surface area contributed by atoms with Crippen molar-refractivity contribution in [1.29, 1.82) is 0 Å². The molecule has 2 aromatic carbocycles. The first-order valence-electron chi connectivity index (χ1n) is 6.86. The number of halogens is 1. The fourth-order valence-electron chi connectivity index (χ4n) is 1.90. The van der Waals surface area contributed by atoms with Gasteiger partial charge in [0.05, 0.1) is 6.61 Å². The highest BCUT2D eigenvalue weighted by molar-refractivity contribution is 9.10. The molecular formula is C18H15BrO3. The summed E-state index contributed by atoms with van der Waals surface area (Å²) in [6.07, 6.45) is 1.56. The molecule has 0 radical (unpaired) electrons. The Morgan fingerprint density at radius 1 is 1.05 bits per heavy atom. The van der Waals surface area contributed by atoms with E-state index in [-0.39, 0.29) is 18.0 Å². The Labute approximate surface area is 137 Å². The zero-order chi connectivity index (χ0) is 15.9. The third kappa shape index (κ3) is 4.15. The van der Waals surface area contributed by atoms with E-state index in [1.165, 1.54) is 0 Å². The molecule has 0 aliphatic rings. The summed E-state index contributed by atoms with van der Waals surface area (Å²) < 4.78 is 5.93. The summed E-state index contributed by atoms with van der Waals surface area (Å²) in [5.74, 6) is -0.957. The second kappa shape index (κ2) is 7.71. The van der Waals surface area contributed by atoms with E-state index < -0.39 is 5.97 Å². The summed E-state index contributed by atoms with van der Waals surface area (Å²) >= 11 is 3.35. The first kappa shape index (κ1) is 16.2. The molecule has 0 aromatic heterocycles. The third-order valence-corrected chi connectivity index (χ3v) is 3.49. The van der Waals surface area contributed by atoms with Gasteiger partial charge in [-0.2, -0.15) is 0 Å². The molecule has 0 fully saturated rings. The summed E-state index contributed by atoms with van der Waals surface area (Å²) in [6, 6.07) is 16.0. The average molecular weight is 359 g/mol. The number of hydrogen-bond acceptors (Lipinski definition) is 3. The van der Waals surface area contributed by atoms with E-state index in [2.05, 4.69) is 15.9 Å². The predicted molar refractivity (Wildman–Crippen MR) is 89.5 cm³/mol. The van der Waals surface area contributed by atoms with E-state index in [0.717, 1.165) is 10.0 Å². The Morgan fingerprint density at radius 2 is 1.68 bits per heavy atom. The van der Waals surface area contributed by atoms with Crippen LogP contribution in [0.2, 0.25) is 0 Å². The van der Waals surface area contributed by atoms with Gasteiger partial charge in [0.25, 0.3) is 0 Å². The van der Waals surface area contributed by atoms with Gasteiger partial charge in [-0.3, -0.25) is 4.79 Å². The lowest BCUT2D eigenvalue weighted by atomic mass is 10.0. The second-order valence-electron chi connectivity index (χ2n) is 4.53. The maximum absolute atomic E-state index is 12.6. The molecule has 112 valence electrons. The maximum atomic E-state index is 12.6. The van der Waals surface area contributed by atoms with Crippen molar-refractivity contribution in [3.05, 3.63) is 75.8 Å². The van der Waals surface area contributed by atoms with E-state index in [1.807, 2.05) is 30.3 Å². The van der Waals surface area contributed by atoms with Crippen molar-refractivity contribution < 1.29 is 14.3 Å². The Kier molecular flexibility index (Phi) is 5.67. The molecule has 0 N–H and O–H groups in total. The molecule has 2 aromatic rings. The standard InChI is InChI=1S/C18H15BrO3/c1-2-22-18(21)16(12-13-8-10-15(19)11-9-13)17(20)14-6-4-3-5-7-14/h3-12H,2H2,1H3/b16-12+. The predicted octanol–water partition coefficient (Wildman–Crippen LogP) is 4.28. The lowest BCUT2D eigenvalue weighted by molar-refractivity contribution is -0.137. The van der Waals surface area contributed by atoms with Crippen LogP contribution in [-0.2, 0) is 9.53 Å². The molecule has 0 unspecified atom stereocenters. The topological polar surface area (TPSA) is 43.4 Å². The molecule has 3 nitrogen and oxygen atoms in total. The van der Waals surface area contributed by atoms with Gasteiger partial charge in [0.15, 0.2) is 5.78 Å². The van der Waals surface area contributed by atoms with E-state index in [9.17, 15) is 9.59 Å². The van der Waals surface area contributed by atoms with Crippen LogP contribution in [0.1, 0.15) is 22.8 Å². The van der Waals surface area contributed by atoms with Crippen molar-refractivity contribution >= 4 is 33.8 Å². The minimum atomic E-state index is -0.612. The zero-order valence-corrected chi connectivity index (χ0v) is 13.7. The molecule has 4 heteroatoms. The molecule has 0 amide bonds. The minimum Gasteiger partial charge on any atom is -0.462 e. The summed E-state index contributed by atoms with van der Waals surface area (Å²) in [5, 5.41) is 0. The Balaban J connectivity index is 2.40. The van der Waals surface area contributed by atoms with Gasteiger partial charge in [0, 0.05) is 10.0 Å². The summed E-state index contributed by atoms with van der Waals surface area (Å²) in [5.41, 5.74) is 1.24. The summed E-state index contributed by atoms with van der Waals surface area (Å²) in [6.45, 7) is 1.93. The van der Waals surface area contributed by atoms with Gasteiger partial charge in [-0.1, -0.05) is 58.4 Å². The largest absolute Gasteiger partial charge is 0.462 e. The van der Waals surface area contributed by atoms with Crippen LogP contribution >= 0.6 is 15.9 Å². The van der Waals surface area contributed by atoms with Crippen molar-refractivity contribution in [3.63, 3.8) is 0 Å². The third-order valence-electron chi connectivity index (χ3n) is 2.96. The first-order valence-corrected chi connectivity index (χ1v) is 7.65. The molecule has 0 aliphatic carbocycles. The Bertz CT molecular complexity index is 688. The monoisotopic (exact) mass is 358 g/mol. The van der Waals surface area contributed by atoms with Gasteiger partial charge in [-0.25, -0.2) is 4.79 Å². The van der Waals surface area contributed by atoms with Crippen molar-refractivity contribution in [1.82, 2.24) is 0 Å². The van der Waals surface area contributed by atoms with Gasteiger partial charge >= 0.3 is 5.97 Å². The number of ketones is 1. The van der Waals surface area contributed by atoms with Gasteiger partial charge in [-0.05, 0) is 30.7 Å². The highest BCUT2D eigenvalue weighted by Crippen LogP contribution is 2.17. The molecule has 22 heavy (non-hydrogen) atoms. The van der Waals surface area contributed by atoms with Crippen molar-refractivity contribution in [2.75, 3.05) is 6.61 Å². The molecular weight excluding hydrogens is 344 g/mol. The number of carbonyl (C=O) groups is 2. The van der Waals surface area contributed by atoms with E-state index >= 15 is 0 Å². The van der Waals surface area contributed by atoms with Crippen LogP contribution in [0, 0.1) is 0 Å². The number of benzene rings is 2. The molecule has 0 saturated carbocycles. The smallest absolute Gasteiger partial charge is 0.342 e. The number of esters is 1. The lowest BCUT2D eigenvalue weighted by Gasteiger charge is -2.07. The van der Waals surface area contributed by atoms with Crippen molar-refractivity contribution in [3.8, 4) is 0 Å². The molecule has 0 heterocycles. The number of rotatable bonds is 5. The lowest BCUT2D eigenvalue weighted by Crippen LogP contribution is -2.16. The van der Waals surface area contributed by atoms with Gasteiger partial charge < -0.3 is 4.74 Å². The van der Waals surface area contributed by atoms with Crippen LogP contribution in [0.15, 0.2) is 64.6 Å². The SMILES string of the molecule is CCOC(=O)/C(=C/c1ccc(Br)cc1)C(=O)c1ccccc1. The van der Waals surface area contributed by atoms with Gasteiger partial charge in [-0.15, -0.1) is 0 Å². The van der Waals surface area contributed by atoms with E-state index in [1.54, 1.807) is 37.3 Å². The number of ether oxygens (including phenoxy) is 1. The Hall–Kier alpha value is -2.20. The van der Waals surface area contributed by atoms with Crippen LogP contribution < -0.4 is 0 Å². The maximum Gasteiger partial charge on any atom is 0.342 e. The average Bonchev–Trinajstić information content (AvgIpc) is 2.54. The highest BCUT2D eigenvalue weighted by Gasteiger charge is 2.20. The molecule has 0 atom stereocenters.